The van der Waals surface area contributed by atoms with Gasteiger partial charge in [-0.1, -0.05) is 60.7 Å². The van der Waals surface area contributed by atoms with E-state index in [-0.39, 0.29) is 5.56 Å². The van der Waals surface area contributed by atoms with Crippen molar-refractivity contribution in [1.82, 2.24) is 0 Å². The lowest BCUT2D eigenvalue weighted by molar-refractivity contribution is 0.0697. The number of rotatable bonds is 7. The van der Waals surface area contributed by atoms with Crippen LogP contribution < -0.4 is 4.90 Å². The Kier molecular flexibility index (Phi) is 6.63. The molecule has 0 heterocycles. The molecule has 1 N–H and O–H groups in total. The molecule has 5 aromatic rings. The van der Waals surface area contributed by atoms with E-state index in [0.717, 1.165) is 39.6 Å². The van der Waals surface area contributed by atoms with Crippen LogP contribution in [0.2, 0.25) is 0 Å². The van der Waals surface area contributed by atoms with Crippen molar-refractivity contribution in [2.45, 2.75) is 0 Å². The molecule has 0 aliphatic carbocycles. The molecule has 5 rings (SSSR count). The van der Waals surface area contributed by atoms with Gasteiger partial charge >= 0.3 is 5.97 Å². The molecule has 5 nitrogen and oxygen atoms in total. The molecule has 0 radical (unpaired) electrons. The van der Waals surface area contributed by atoms with Crippen molar-refractivity contribution in [1.29, 1.82) is 0 Å². The van der Waals surface area contributed by atoms with Crippen molar-refractivity contribution in [2.24, 2.45) is 10.2 Å². The zero-order chi connectivity index (χ0) is 24.7. The number of benzene rings is 5. The standard InChI is InChI=1S/C31H23N3O2/c35-31(36)25-13-11-23(12-14-25)24-15-17-26(18-16-24)32-33-27-19-21-30(22-20-27)34(28-7-3-1-4-8-28)29-9-5-2-6-10-29/h1-22H,(H,35,36). The summed E-state index contributed by atoms with van der Waals surface area (Å²) in [5.74, 6) is -0.932. The fourth-order valence-corrected chi connectivity index (χ4v) is 3.91. The number of hydrogen-bond donors (Lipinski definition) is 1. The highest BCUT2D eigenvalue weighted by molar-refractivity contribution is 5.88. The Bertz CT molecular complexity index is 1420. The van der Waals surface area contributed by atoms with Crippen LogP contribution in [0.1, 0.15) is 10.4 Å². The summed E-state index contributed by atoms with van der Waals surface area (Å²) in [6.45, 7) is 0. The number of hydrogen-bond acceptors (Lipinski definition) is 4. The lowest BCUT2D eigenvalue weighted by Crippen LogP contribution is -2.09. The lowest BCUT2D eigenvalue weighted by Gasteiger charge is -2.25. The molecule has 0 fully saturated rings. The van der Waals surface area contributed by atoms with Crippen LogP contribution in [0.4, 0.5) is 28.4 Å². The quantitative estimate of drug-likeness (QED) is 0.242. The van der Waals surface area contributed by atoms with Gasteiger partial charge in [0.1, 0.15) is 0 Å². The third-order valence-corrected chi connectivity index (χ3v) is 5.75. The summed E-state index contributed by atoms with van der Waals surface area (Å²) < 4.78 is 0. The largest absolute Gasteiger partial charge is 0.478 e. The van der Waals surface area contributed by atoms with Crippen LogP contribution in [-0.2, 0) is 0 Å². The average Bonchev–Trinajstić information content (AvgIpc) is 2.94. The van der Waals surface area contributed by atoms with Crippen LogP contribution >= 0.6 is 0 Å². The molecule has 0 aromatic heterocycles. The van der Waals surface area contributed by atoms with Gasteiger partial charge in [-0.05, 0) is 83.9 Å². The van der Waals surface area contributed by atoms with Crippen LogP contribution in [0.5, 0.6) is 0 Å². The average molecular weight is 470 g/mol. The molecule has 0 aliphatic rings. The summed E-state index contributed by atoms with van der Waals surface area (Å²) in [6.07, 6.45) is 0. The highest BCUT2D eigenvalue weighted by Crippen LogP contribution is 2.35. The third-order valence-electron chi connectivity index (χ3n) is 5.75. The lowest BCUT2D eigenvalue weighted by atomic mass is 10.0. The van der Waals surface area contributed by atoms with Gasteiger partial charge in [0, 0.05) is 17.1 Å². The molecule has 0 atom stereocenters. The first kappa shape index (κ1) is 22.7. The number of anilines is 3. The molecule has 0 amide bonds. The van der Waals surface area contributed by atoms with Gasteiger partial charge < -0.3 is 10.0 Å². The number of azo groups is 1. The van der Waals surface area contributed by atoms with Gasteiger partial charge in [0.15, 0.2) is 0 Å². The Morgan fingerprint density at radius 2 is 0.889 bits per heavy atom. The predicted octanol–water partition coefficient (Wildman–Crippen LogP) is 8.94. The zero-order valence-electron chi connectivity index (χ0n) is 19.4. The molecular formula is C31H23N3O2. The van der Waals surface area contributed by atoms with Gasteiger partial charge in [-0.2, -0.15) is 10.2 Å². The smallest absolute Gasteiger partial charge is 0.335 e. The zero-order valence-corrected chi connectivity index (χ0v) is 19.4. The number of para-hydroxylation sites is 2. The topological polar surface area (TPSA) is 65.3 Å². The van der Waals surface area contributed by atoms with Crippen molar-refractivity contribution >= 4 is 34.4 Å². The minimum atomic E-state index is -0.932. The Morgan fingerprint density at radius 3 is 1.33 bits per heavy atom. The van der Waals surface area contributed by atoms with Crippen molar-refractivity contribution in [3.8, 4) is 11.1 Å². The van der Waals surface area contributed by atoms with E-state index in [2.05, 4.69) is 39.4 Å². The van der Waals surface area contributed by atoms with Crippen molar-refractivity contribution in [2.75, 3.05) is 4.90 Å². The van der Waals surface area contributed by atoms with Gasteiger partial charge in [0.2, 0.25) is 0 Å². The summed E-state index contributed by atoms with van der Waals surface area (Å²) in [5, 5.41) is 17.8. The van der Waals surface area contributed by atoms with E-state index in [0.29, 0.717) is 0 Å². The van der Waals surface area contributed by atoms with Gasteiger partial charge in [-0.15, -0.1) is 0 Å². The Morgan fingerprint density at radius 1 is 0.500 bits per heavy atom. The minimum Gasteiger partial charge on any atom is -0.478 e. The van der Waals surface area contributed by atoms with E-state index in [1.165, 1.54) is 0 Å². The number of carboxylic acids is 1. The van der Waals surface area contributed by atoms with Gasteiger partial charge in [-0.25, -0.2) is 4.79 Å². The van der Waals surface area contributed by atoms with Crippen molar-refractivity contribution < 1.29 is 9.90 Å². The SMILES string of the molecule is O=C(O)c1ccc(-c2ccc(N=Nc3ccc(N(c4ccccc4)c4ccccc4)cc3)cc2)cc1. The van der Waals surface area contributed by atoms with Gasteiger partial charge in [0.05, 0.1) is 16.9 Å². The molecule has 0 spiro atoms. The Balaban J connectivity index is 1.32. The van der Waals surface area contributed by atoms with Crippen molar-refractivity contribution in [3.05, 3.63) is 139 Å². The monoisotopic (exact) mass is 469 g/mol. The predicted molar refractivity (Wildman–Crippen MR) is 144 cm³/mol. The van der Waals surface area contributed by atoms with E-state index < -0.39 is 5.97 Å². The Hall–Kier alpha value is -5.03. The molecule has 5 aromatic carbocycles. The second kappa shape index (κ2) is 10.5. The minimum absolute atomic E-state index is 0.269. The number of aromatic carboxylic acids is 1. The molecule has 0 saturated carbocycles. The number of nitrogens with zero attached hydrogens (tertiary/aromatic N) is 3. The van der Waals surface area contributed by atoms with E-state index in [1.54, 1.807) is 24.3 Å². The van der Waals surface area contributed by atoms with Crippen LogP contribution in [0, 0.1) is 0 Å². The summed E-state index contributed by atoms with van der Waals surface area (Å²) >= 11 is 0. The second-order valence-electron chi connectivity index (χ2n) is 8.15. The maximum atomic E-state index is 11.0. The molecule has 5 heteroatoms. The van der Waals surface area contributed by atoms with Gasteiger partial charge in [0.25, 0.3) is 0 Å². The summed E-state index contributed by atoms with van der Waals surface area (Å²) in [7, 11) is 0. The van der Waals surface area contributed by atoms with Crippen molar-refractivity contribution in [3.63, 3.8) is 0 Å². The van der Waals surface area contributed by atoms with Crippen LogP contribution in [0.15, 0.2) is 144 Å². The molecular weight excluding hydrogens is 446 g/mol. The number of carboxylic acid groups (broad SMARTS) is 1. The first-order valence-electron chi connectivity index (χ1n) is 11.5. The fraction of sp³-hybridized carbons (Fsp3) is 0. The molecule has 0 bridgehead atoms. The third kappa shape index (κ3) is 5.21. The molecule has 0 unspecified atom stereocenters. The summed E-state index contributed by atoms with van der Waals surface area (Å²) in [5.41, 5.74) is 6.88. The van der Waals surface area contributed by atoms with E-state index in [9.17, 15) is 4.79 Å². The maximum absolute atomic E-state index is 11.0. The van der Waals surface area contributed by atoms with E-state index in [1.807, 2.05) is 84.9 Å². The van der Waals surface area contributed by atoms with Crippen LogP contribution in [0.3, 0.4) is 0 Å². The molecule has 36 heavy (non-hydrogen) atoms. The first-order chi connectivity index (χ1) is 17.7. The Labute approximate surface area is 209 Å². The maximum Gasteiger partial charge on any atom is 0.335 e. The summed E-state index contributed by atoms with van der Waals surface area (Å²) in [4.78, 5) is 13.2. The fourth-order valence-electron chi connectivity index (χ4n) is 3.91. The van der Waals surface area contributed by atoms with E-state index in [4.69, 9.17) is 5.11 Å². The molecule has 174 valence electrons. The van der Waals surface area contributed by atoms with Gasteiger partial charge in [-0.3, -0.25) is 0 Å². The molecule has 0 aliphatic heterocycles. The highest BCUT2D eigenvalue weighted by atomic mass is 16.4. The molecule has 0 saturated heterocycles. The van der Waals surface area contributed by atoms with Crippen LogP contribution in [0.25, 0.3) is 11.1 Å². The van der Waals surface area contributed by atoms with E-state index >= 15 is 0 Å². The summed E-state index contributed by atoms with van der Waals surface area (Å²) in [6, 6.07) is 43.0. The highest BCUT2D eigenvalue weighted by Gasteiger charge is 2.11. The van der Waals surface area contributed by atoms with Crippen LogP contribution in [-0.4, -0.2) is 11.1 Å². The normalized spacial score (nSPS) is 10.9. The first-order valence-corrected chi connectivity index (χ1v) is 11.5. The number of carbonyl (C=O) groups is 1. The second-order valence-corrected chi connectivity index (χ2v) is 8.15.